The van der Waals surface area contributed by atoms with Crippen LogP contribution < -0.4 is 4.90 Å². The average molecular weight is 838 g/mol. The maximum Gasteiger partial charge on any atom is 0.0714 e. The third kappa shape index (κ3) is 5.87. The van der Waals surface area contributed by atoms with Gasteiger partial charge in [0.1, 0.15) is 0 Å². The van der Waals surface area contributed by atoms with E-state index in [2.05, 4.69) is 266 Å². The molecule has 66 heavy (non-hydrogen) atoms. The molecule has 12 aromatic rings. The lowest BCUT2D eigenvalue weighted by molar-refractivity contribution is 0.768. The summed E-state index contributed by atoms with van der Waals surface area (Å²) in [6.07, 6.45) is 0. The standard InChI is InChI=1S/C65H43N/c1-3-21-48(22-4-1)65(49-23-5-2-6-24-49)63-32-14-13-30-60(63)61-40-38-52(43-64(61)65)66(51-37-39-59-57-28-10-9-26-55(57)56-27-11-12-29-58(56)62(59)42-51)50-35-33-44(34-36-50)46-19-15-20-47(41-46)54-31-16-18-45-17-7-8-25-53(45)54/h1-43H. The van der Waals surface area contributed by atoms with Gasteiger partial charge >= 0.3 is 0 Å². The largest absolute Gasteiger partial charge is 0.310 e. The van der Waals surface area contributed by atoms with E-state index < -0.39 is 5.41 Å². The minimum Gasteiger partial charge on any atom is -0.310 e. The summed E-state index contributed by atoms with van der Waals surface area (Å²) >= 11 is 0. The Bertz CT molecular complexity index is 3730. The van der Waals surface area contributed by atoms with Gasteiger partial charge in [-0.1, -0.05) is 218 Å². The summed E-state index contributed by atoms with van der Waals surface area (Å²) in [5.74, 6) is 0. The van der Waals surface area contributed by atoms with Gasteiger partial charge in [-0.2, -0.15) is 0 Å². The number of benzene rings is 12. The van der Waals surface area contributed by atoms with Gasteiger partial charge in [0, 0.05) is 17.1 Å². The Hall–Kier alpha value is -8.52. The molecule has 0 aromatic heterocycles. The summed E-state index contributed by atoms with van der Waals surface area (Å²) in [5, 5.41) is 10.1. The summed E-state index contributed by atoms with van der Waals surface area (Å²) < 4.78 is 0. The van der Waals surface area contributed by atoms with Crippen molar-refractivity contribution in [1.82, 2.24) is 0 Å². The monoisotopic (exact) mass is 837 g/mol. The van der Waals surface area contributed by atoms with Crippen LogP contribution in [0.5, 0.6) is 0 Å². The van der Waals surface area contributed by atoms with Crippen LogP contribution in [0.4, 0.5) is 17.1 Å². The highest BCUT2D eigenvalue weighted by Gasteiger charge is 2.46. The van der Waals surface area contributed by atoms with E-state index in [-0.39, 0.29) is 0 Å². The van der Waals surface area contributed by atoms with Crippen LogP contribution in [0.2, 0.25) is 0 Å². The van der Waals surface area contributed by atoms with Gasteiger partial charge in [0.15, 0.2) is 0 Å². The Morgan fingerprint density at radius 1 is 0.242 bits per heavy atom. The topological polar surface area (TPSA) is 3.24 Å². The molecule has 308 valence electrons. The summed E-state index contributed by atoms with van der Waals surface area (Å²) in [5.41, 5.74) is 15.2. The zero-order valence-corrected chi connectivity index (χ0v) is 36.3. The van der Waals surface area contributed by atoms with Gasteiger partial charge < -0.3 is 4.90 Å². The van der Waals surface area contributed by atoms with Crippen molar-refractivity contribution in [2.75, 3.05) is 4.90 Å². The van der Waals surface area contributed by atoms with Gasteiger partial charge in [0.25, 0.3) is 0 Å². The third-order valence-electron chi connectivity index (χ3n) is 14.1. The quantitative estimate of drug-likeness (QED) is 0.145. The summed E-state index contributed by atoms with van der Waals surface area (Å²) in [7, 11) is 0. The van der Waals surface area contributed by atoms with Gasteiger partial charge in [-0.25, -0.2) is 0 Å². The smallest absolute Gasteiger partial charge is 0.0714 e. The normalized spacial score (nSPS) is 12.7. The first-order valence-corrected chi connectivity index (χ1v) is 22.9. The van der Waals surface area contributed by atoms with Crippen LogP contribution in [0.25, 0.3) is 76.5 Å². The Morgan fingerprint density at radius 3 is 1.44 bits per heavy atom. The van der Waals surface area contributed by atoms with Crippen molar-refractivity contribution in [3.63, 3.8) is 0 Å². The predicted octanol–water partition coefficient (Wildman–Crippen LogP) is 17.5. The van der Waals surface area contributed by atoms with Crippen LogP contribution in [0.1, 0.15) is 22.3 Å². The van der Waals surface area contributed by atoms with E-state index in [1.54, 1.807) is 0 Å². The molecule has 13 rings (SSSR count). The highest BCUT2D eigenvalue weighted by molar-refractivity contribution is 6.25. The van der Waals surface area contributed by atoms with Crippen molar-refractivity contribution >= 4 is 60.2 Å². The summed E-state index contributed by atoms with van der Waals surface area (Å²) in [4.78, 5) is 2.46. The first-order valence-electron chi connectivity index (χ1n) is 22.9. The number of anilines is 3. The molecule has 12 aromatic carbocycles. The SMILES string of the molecule is c1ccc(C2(c3ccccc3)c3ccccc3-c3ccc(N(c4ccc(-c5cccc(-c6cccc7ccccc67)c5)cc4)c4ccc5c6ccccc6c6ccccc6c5c4)cc32)cc1. The molecule has 1 aliphatic carbocycles. The molecule has 0 heterocycles. The van der Waals surface area contributed by atoms with Crippen LogP contribution in [0.15, 0.2) is 261 Å². The lowest BCUT2D eigenvalue weighted by atomic mass is 9.67. The zero-order valence-electron chi connectivity index (χ0n) is 36.3. The number of hydrogen-bond donors (Lipinski definition) is 0. The molecule has 0 saturated heterocycles. The molecule has 0 amide bonds. The minimum absolute atomic E-state index is 0.520. The predicted molar refractivity (Wildman–Crippen MR) is 279 cm³/mol. The van der Waals surface area contributed by atoms with Crippen molar-refractivity contribution in [2.45, 2.75) is 5.41 Å². The number of hydrogen-bond acceptors (Lipinski definition) is 1. The fourth-order valence-electron chi connectivity index (χ4n) is 11.2. The van der Waals surface area contributed by atoms with Crippen molar-refractivity contribution in [2.24, 2.45) is 0 Å². The van der Waals surface area contributed by atoms with Gasteiger partial charge in [-0.05, 0) is 141 Å². The molecule has 0 spiro atoms. The first-order chi connectivity index (χ1) is 32.7. The first kappa shape index (κ1) is 38.0. The molecule has 1 nitrogen and oxygen atoms in total. The molecule has 0 fully saturated rings. The van der Waals surface area contributed by atoms with Gasteiger partial charge in [0.05, 0.1) is 5.41 Å². The lowest BCUT2D eigenvalue weighted by Crippen LogP contribution is -2.28. The Balaban J connectivity index is 1.02. The van der Waals surface area contributed by atoms with E-state index in [0.29, 0.717) is 0 Å². The lowest BCUT2D eigenvalue weighted by Gasteiger charge is -2.35. The molecule has 0 aliphatic heterocycles. The highest BCUT2D eigenvalue weighted by atomic mass is 15.1. The molecule has 1 heteroatoms. The molecular weight excluding hydrogens is 795 g/mol. The van der Waals surface area contributed by atoms with Crippen molar-refractivity contribution in [3.8, 4) is 33.4 Å². The van der Waals surface area contributed by atoms with E-state index in [9.17, 15) is 0 Å². The van der Waals surface area contributed by atoms with Crippen LogP contribution >= 0.6 is 0 Å². The molecule has 0 radical (unpaired) electrons. The van der Waals surface area contributed by atoms with Gasteiger partial charge in [-0.15, -0.1) is 0 Å². The van der Waals surface area contributed by atoms with Gasteiger partial charge in [-0.3, -0.25) is 0 Å². The van der Waals surface area contributed by atoms with E-state index in [4.69, 9.17) is 0 Å². The molecule has 0 atom stereocenters. The third-order valence-corrected chi connectivity index (χ3v) is 14.1. The van der Waals surface area contributed by atoms with Crippen molar-refractivity contribution in [1.29, 1.82) is 0 Å². The van der Waals surface area contributed by atoms with E-state index in [1.165, 1.54) is 98.7 Å². The van der Waals surface area contributed by atoms with Crippen molar-refractivity contribution < 1.29 is 0 Å². The summed E-state index contributed by atoms with van der Waals surface area (Å²) in [6.45, 7) is 0. The number of nitrogens with zero attached hydrogens (tertiary/aromatic N) is 1. The zero-order chi connectivity index (χ0) is 43.6. The molecule has 0 N–H and O–H groups in total. The van der Waals surface area contributed by atoms with Gasteiger partial charge in [0.2, 0.25) is 0 Å². The Morgan fingerprint density at radius 2 is 0.727 bits per heavy atom. The fourth-order valence-corrected chi connectivity index (χ4v) is 11.2. The second kappa shape index (κ2) is 15.3. The maximum absolute atomic E-state index is 2.47. The van der Waals surface area contributed by atoms with Crippen molar-refractivity contribution in [3.05, 3.63) is 283 Å². The van der Waals surface area contributed by atoms with Crippen LogP contribution in [0.3, 0.4) is 0 Å². The molecule has 0 saturated carbocycles. The molecule has 0 unspecified atom stereocenters. The maximum atomic E-state index is 2.47. The fraction of sp³-hybridized carbons (Fsp3) is 0.0154. The second-order valence-electron chi connectivity index (χ2n) is 17.6. The Kier molecular flexibility index (Phi) is 8.82. The van der Waals surface area contributed by atoms with E-state index in [1.807, 2.05) is 0 Å². The van der Waals surface area contributed by atoms with E-state index >= 15 is 0 Å². The highest BCUT2D eigenvalue weighted by Crippen LogP contribution is 2.57. The van der Waals surface area contributed by atoms with E-state index in [0.717, 1.165) is 17.1 Å². The van der Waals surface area contributed by atoms with Crippen LogP contribution in [0, 0.1) is 0 Å². The molecule has 1 aliphatic rings. The average Bonchev–Trinajstić information content (AvgIpc) is 3.70. The number of fused-ring (bicyclic) bond motifs is 10. The number of rotatable bonds is 7. The summed E-state index contributed by atoms with van der Waals surface area (Å²) in [6, 6.07) is 96.5. The van der Waals surface area contributed by atoms with Crippen LogP contribution in [-0.2, 0) is 5.41 Å². The second-order valence-corrected chi connectivity index (χ2v) is 17.6. The van der Waals surface area contributed by atoms with Crippen LogP contribution in [-0.4, -0.2) is 0 Å². The molecule has 0 bridgehead atoms. The Labute approximate surface area is 385 Å². The molecular formula is C65H43N. The minimum atomic E-state index is -0.520.